The van der Waals surface area contributed by atoms with Crippen LogP contribution in [-0.4, -0.2) is 26.6 Å². The molecule has 1 unspecified atom stereocenters. The Labute approximate surface area is 173 Å². The van der Waals surface area contributed by atoms with Crippen LogP contribution in [0.2, 0.25) is 0 Å². The smallest absolute Gasteiger partial charge is 0.319 e. The molecule has 0 aliphatic heterocycles. The summed E-state index contributed by atoms with van der Waals surface area (Å²) in [6.45, 7) is 7.73. The van der Waals surface area contributed by atoms with Crippen molar-refractivity contribution in [3.8, 4) is 0 Å². The molecule has 0 saturated heterocycles. The maximum atomic E-state index is 12.8. The molecule has 0 aliphatic rings. The number of amides is 1. The van der Waals surface area contributed by atoms with Crippen molar-refractivity contribution in [1.29, 1.82) is 0 Å². The average molecular weight is 406 g/mol. The molecule has 0 radical (unpaired) electrons. The fraction of sp³-hybridized carbons (Fsp3) is 0.273. The number of para-hydroxylation sites is 3. The fourth-order valence-electron chi connectivity index (χ4n) is 3.20. The van der Waals surface area contributed by atoms with E-state index in [1.54, 1.807) is 37.3 Å². The number of hydrogen-bond donors (Lipinski definition) is 1. The van der Waals surface area contributed by atoms with Gasteiger partial charge in [-0.05, 0) is 35.6 Å². The summed E-state index contributed by atoms with van der Waals surface area (Å²) in [7, 11) is 0. The van der Waals surface area contributed by atoms with Crippen molar-refractivity contribution in [2.45, 2.75) is 39.2 Å². The van der Waals surface area contributed by atoms with Crippen LogP contribution in [0, 0.1) is 17.0 Å². The highest BCUT2D eigenvalue weighted by molar-refractivity contribution is 6.42. The first kappa shape index (κ1) is 21.0. The van der Waals surface area contributed by atoms with E-state index >= 15 is 0 Å². The molecule has 3 aromatic rings. The Kier molecular flexibility index (Phi) is 5.60. The summed E-state index contributed by atoms with van der Waals surface area (Å²) in [6.07, 6.45) is 1.16. The molecule has 0 saturated carbocycles. The number of Topliss-reactive ketones (excluding diaryl/α,β-unsaturated/α-hetero) is 1. The van der Waals surface area contributed by atoms with E-state index in [2.05, 4.69) is 15.3 Å². The SMILES string of the molecule is Cc1cccc(C(C)(C)C)c1NC(=O)C(=O)C(c1cnc2ccccc2n1)[N+](=O)[O-]. The van der Waals surface area contributed by atoms with E-state index in [1.165, 1.54) is 0 Å². The summed E-state index contributed by atoms with van der Waals surface area (Å²) in [4.78, 5) is 44.6. The monoisotopic (exact) mass is 406 g/mol. The third-order valence-corrected chi connectivity index (χ3v) is 4.75. The first-order valence-corrected chi connectivity index (χ1v) is 9.40. The second kappa shape index (κ2) is 7.98. The van der Waals surface area contributed by atoms with Crippen molar-refractivity contribution in [1.82, 2.24) is 9.97 Å². The van der Waals surface area contributed by atoms with Crippen molar-refractivity contribution >= 4 is 28.4 Å². The molecule has 1 atom stereocenters. The van der Waals surface area contributed by atoms with Crippen LogP contribution in [0.1, 0.15) is 43.6 Å². The number of ketones is 1. The normalized spacial score (nSPS) is 12.4. The van der Waals surface area contributed by atoms with Crippen LogP contribution in [0.25, 0.3) is 11.0 Å². The van der Waals surface area contributed by atoms with Crippen LogP contribution in [0.4, 0.5) is 5.69 Å². The van der Waals surface area contributed by atoms with Gasteiger partial charge in [0.05, 0.1) is 17.2 Å². The molecule has 1 N–H and O–H groups in total. The number of nitrogens with one attached hydrogen (secondary N) is 1. The maximum absolute atomic E-state index is 12.8. The Morgan fingerprint density at radius 3 is 2.37 bits per heavy atom. The lowest BCUT2D eigenvalue weighted by molar-refractivity contribution is -0.513. The summed E-state index contributed by atoms with van der Waals surface area (Å²) in [5, 5.41) is 14.3. The highest BCUT2D eigenvalue weighted by atomic mass is 16.6. The van der Waals surface area contributed by atoms with E-state index in [-0.39, 0.29) is 11.1 Å². The molecule has 1 aromatic heterocycles. The van der Waals surface area contributed by atoms with E-state index in [0.29, 0.717) is 16.7 Å². The number of nitrogens with zero attached hydrogens (tertiary/aromatic N) is 3. The van der Waals surface area contributed by atoms with Crippen LogP contribution < -0.4 is 5.32 Å². The molecule has 8 nitrogen and oxygen atoms in total. The van der Waals surface area contributed by atoms with E-state index in [1.807, 2.05) is 32.9 Å². The number of nitro groups is 1. The van der Waals surface area contributed by atoms with Crippen molar-refractivity contribution in [3.05, 3.63) is 75.6 Å². The Bertz CT molecular complexity index is 1150. The van der Waals surface area contributed by atoms with E-state index in [4.69, 9.17) is 0 Å². The molecule has 0 bridgehead atoms. The summed E-state index contributed by atoms with van der Waals surface area (Å²) in [5.41, 5.74) is 2.52. The van der Waals surface area contributed by atoms with Crippen molar-refractivity contribution in [2.75, 3.05) is 5.32 Å². The highest BCUT2D eigenvalue weighted by Crippen LogP contribution is 2.32. The van der Waals surface area contributed by atoms with Gasteiger partial charge in [-0.1, -0.05) is 51.1 Å². The predicted molar refractivity (Wildman–Crippen MR) is 113 cm³/mol. The summed E-state index contributed by atoms with van der Waals surface area (Å²) in [6, 6.07) is 10.4. The fourth-order valence-corrected chi connectivity index (χ4v) is 3.20. The van der Waals surface area contributed by atoms with E-state index in [9.17, 15) is 19.7 Å². The summed E-state index contributed by atoms with van der Waals surface area (Å²) >= 11 is 0. The van der Waals surface area contributed by atoms with Gasteiger partial charge >= 0.3 is 6.04 Å². The molecule has 0 fully saturated rings. The van der Waals surface area contributed by atoms with Crippen molar-refractivity contribution in [3.63, 3.8) is 0 Å². The summed E-state index contributed by atoms with van der Waals surface area (Å²) in [5.74, 6) is -2.26. The lowest BCUT2D eigenvalue weighted by Crippen LogP contribution is -2.34. The molecule has 0 aliphatic carbocycles. The first-order valence-electron chi connectivity index (χ1n) is 9.40. The number of benzene rings is 2. The average Bonchev–Trinajstić information content (AvgIpc) is 2.68. The highest BCUT2D eigenvalue weighted by Gasteiger charge is 2.39. The van der Waals surface area contributed by atoms with Crippen LogP contribution in [0.15, 0.2) is 48.7 Å². The maximum Gasteiger partial charge on any atom is 0.322 e. The summed E-state index contributed by atoms with van der Waals surface area (Å²) < 4.78 is 0. The quantitative estimate of drug-likeness (QED) is 0.392. The lowest BCUT2D eigenvalue weighted by atomic mass is 9.84. The van der Waals surface area contributed by atoms with Crippen molar-refractivity contribution < 1.29 is 14.5 Å². The molecular formula is C22H22N4O4. The topological polar surface area (TPSA) is 115 Å². The molecule has 0 spiro atoms. The van der Waals surface area contributed by atoms with Crippen molar-refractivity contribution in [2.24, 2.45) is 0 Å². The van der Waals surface area contributed by atoms with Crippen LogP contribution in [0.3, 0.4) is 0 Å². The standard InChI is InChI=1S/C22H22N4O4/c1-13-8-7-9-14(22(2,3)4)18(13)25-21(28)20(27)19(26(29)30)17-12-23-15-10-5-6-11-16(15)24-17/h5-12,19H,1-4H3,(H,25,28). The van der Waals surface area contributed by atoms with Crippen LogP contribution >= 0.6 is 0 Å². The predicted octanol–water partition coefficient (Wildman–Crippen LogP) is 3.76. The van der Waals surface area contributed by atoms with E-state index in [0.717, 1.165) is 17.3 Å². The molecule has 1 heterocycles. The molecule has 30 heavy (non-hydrogen) atoms. The number of fused-ring (bicyclic) bond motifs is 1. The molecule has 1 amide bonds. The van der Waals surface area contributed by atoms with Gasteiger partial charge in [0.1, 0.15) is 5.69 Å². The van der Waals surface area contributed by atoms with Gasteiger partial charge in [0, 0.05) is 10.6 Å². The molecule has 3 rings (SSSR count). The molecule has 154 valence electrons. The number of carbonyl (C=O) groups is 2. The van der Waals surface area contributed by atoms with Gasteiger partial charge in [-0.3, -0.25) is 24.7 Å². The Morgan fingerprint density at radius 2 is 1.73 bits per heavy atom. The number of aryl methyl sites for hydroxylation is 1. The minimum Gasteiger partial charge on any atom is -0.319 e. The minimum absolute atomic E-state index is 0.181. The van der Waals surface area contributed by atoms with Gasteiger partial charge in [-0.2, -0.15) is 0 Å². The van der Waals surface area contributed by atoms with Gasteiger partial charge in [0.25, 0.3) is 11.7 Å². The zero-order chi connectivity index (χ0) is 22.1. The molecule has 8 heteroatoms. The largest absolute Gasteiger partial charge is 0.322 e. The Hall–Kier alpha value is -3.68. The Balaban J connectivity index is 1.95. The number of hydrogen-bond acceptors (Lipinski definition) is 6. The van der Waals surface area contributed by atoms with Crippen LogP contribution in [-0.2, 0) is 15.0 Å². The van der Waals surface area contributed by atoms with Crippen LogP contribution in [0.5, 0.6) is 0 Å². The van der Waals surface area contributed by atoms with E-state index < -0.39 is 22.7 Å². The van der Waals surface area contributed by atoms with Gasteiger partial charge < -0.3 is 5.32 Å². The number of rotatable bonds is 5. The first-order chi connectivity index (χ1) is 14.1. The van der Waals surface area contributed by atoms with Gasteiger partial charge in [0.15, 0.2) is 0 Å². The van der Waals surface area contributed by atoms with Gasteiger partial charge in [-0.25, -0.2) is 4.98 Å². The third-order valence-electron chi connectivity index (χ3n) is 4.75. The van der Waals surface area contributed by atoms with Gasteiger partial charge in [-0.15, -0.1) is 0 Å². The number of carbonyl (C=O) groups excluding carboxylic acids is 2. The Morgan fingerprint density at radius 1 is 1.07 bits per heavy atom. The zero-order valence-corrected chi connectivity index (χ0v) is 17.2. The molecular weight excluding hydrogens is 384 g/mol. The second-order valence-electron chi connectivity index (χ2n) is 8.04. The molecule has 2 aromatic carbocycles. The van der Waals surface area contributed by atoms with Gasteiger partial charge in [0.2, 0.25) is 0 Å². The zero-order valence-electron chi connectivity index (χ0n) is 17.2. The number of anilines is 1. The lowest BCUT2D eigenvalue weighted by Gasteiger charge is -2.24. The minimum atomic E-state index is -1.94. The third kappa shape index (κ3) is 4.17. The number of aromatic nitrogens is 2. The second-order valence-corrected chi connectivity index (χ2v) is 8.04.